The molecule has 1 aromatic rings. The molecule has 0 heterocycles. The van der Waals surface area contributed by atoms with Crippen molar-refractivity contribution in [3.05, 3.63) is 35.1 Å². The molecule has 0 spiro atoms. The molecule has 0 aliphatic heterocycles. The maximum atomic E-state index is 13.0. The predicted octanol–water partition coefficient (Wildman–Crippen LogP) is 1.49. The van der Waals surface area contributed by atoms with Crippen LogP contribution < -0.4 is 5.73 Å². The van der Waals surface area contributed by atoms with E-state index in [2.05, 4.69) is 0 Å². The van der Waals surface area contributed by atoms with E-state index in [0.717, 1.165) is 6.07 Å². The second-order valence-corrected chi connectivity index (χ2v) is 2.72. The number of benzene rings is 1. The smallest absolute Gasteiger partial charge is 0.249 e. The molecule has 3 N–H and O–H groups in total. The van der Waals surface area contributed by atoms with Gasteiger partial charge in [-0.05, 0) is 12.1 Å². The Morgan fingerprint density at radius 1 is 1.54 bits per heavy atom. The van der Waals surface area contributed by atoms with Crippen LogP contribution in [0.15, 0.2) is 18.2 Å². The summed E-state index contributed by atoms with van der Waals surface area (Å²) in [5.74, 6) is -1.53. The molecule has 1 amide bonds. The number of amides is 1. The summed E-state index contributed by atoms with van der Waals surface area (Å²) < 4.78 is 13.0. The van der Waals surface area contributed by atoms with Gasteiger partial charge in [0.05, 0.1) is 11.1 Å². The molecule has 13 heavy (non-hydrogen) atoms. The lowest BCUT2D eigenvalue weighted by Gasteiger charge is -2.03. The molecule has 5 heteroatoms. The van der Waals surface area contributed by atoms with Crippen LogP contribution in [0.3, 0.4) is 0 Å². The average molecular weight is 201 g/mol. The van der Waals surface area contributed by atoms with Gasteiger partial charge in [-0.15, -0.1) is 0 Å². The Morgan fingerprint density at radius 3 is 2.54 bits per heavy atom. The van der Waals surface area contributed by atoms with Crippen LogP contribution in [0.25, 0.3) is 0 Å². The number of nitrogens with one attached hydrogen (secondary N) is 1. The van der Waals surface area contributed by atoms with Crippen molar-refractivity contribution in [2.45, 2.75) is 0 Å². The van der Waals surface area contributed by atoms with Gasteiger partial charge >= 0.3 is 0 Å². The number of halogens is 2. The summed E-state index contributed by atoms with van der Waals surface area (Å²) in [5.41, 5.74) is 4.62. The van der Waals surface area contributed by atoms with Crippen molar-refractivity contribution < 1.29 is 9.18 Å². The van der Waals surface area contributed by atoms with Gasteiger partial charge in [-0.25, -0.2) is 4.39 Å². The first kappa shape index (κ1) is 9.67. The first-order chi connectivity index (χ1) is 6.04. The van der Waals surface area contributed by atoms with Crippen LogP contribution in [0.1, 0.15) is 15.9 Å². The van der Waals surface area contributed by atoms with E-state index in [1.165, 1.54) is 12.1 Å². The minimum atomic E-state index is -0.806. The molecule has 0 saturated heterocycles. The van der Waals surface area contributed by atoms with Gasteiger partial charge in [-0.3, -0.25) is 10.2 Å². The number of rotatable bonds is 2. The number of nitrogens with two attached hydrogens (primary N) is 1. The summed E-state index contributed by atoms with van der Waals surface area (Å²) in [6.07, 6.45) is 0. The van der Waals surface area contributed by atoms with Crippen molar-refractivity contribution in [1.29, 1.82) is 5.41 Å². The van der Waals surface area contributed by atoms with E-state index >= 15 is 0 Å². The minimum absolute atomic E-state index is 0.0833. The van der Waals surface area contributed by atoms with Crippen molar-refractivity contribution in [3.8, 4) is 0 Å². The van der Waals surface area contributed by atoms with Crippen LogP contribution >= 0.6 is 11.6 Å². The van der Waals surface area contributed by atoms with Crippen LogP contribution in [-0.2, 0) is 0 Å². The summed E-state index contributed by atoms with van der Waals surface area (Å²) >= 11 is 5.29. The molecule has 0 aliphatic carbocycles. The summed E-state index contributed by atoms with van der Waals surface area (Å²) in [5, 5.41) is 6.49. The summed E-state index contributed by atoms with van der Waals surface area (Å²) in [6, 6.07) is 3.76. The Morgan fingerprint density at radius 2 is 2.15 bits per heavy atom. The number of hydrogen-bond acceptors (Lipinski definition) is 2. The monoisotopic (exact) mass is 200 g/mol. The molecule has 1 rings (SSSR count). The van der Waals surface area contributed by atoms with Crippen LogP contribution in [-0.4, -0.2) is 11.1 Å². The predicted molar refractivity (Wildman–Crippen MR) is 47.6 cm³/mol. The fourth-order valence-corrected chi connectivity index (χ4v) is 1.14. The highest BCUT2D eigenvalue weighted by Crippen LogP contribution is 2.15. The zero-order chi connectivity index (χ0) is 10.0. The molecule has 0 saturated carbocycles. The lowest BCUT2D eigenvalue weighted by molar-refractivity contribution is 0.0999. The highest BCUT2D eigenvalue weighted by atomic mass is 35.5. The van der Waals surface area contributed by atoms with Gasteiger partial charge < -0.3 is 5.73 Å². The number of primary amides is 1. The number of hydrogen-bond donors (Lipinski definition) is 2. The topological polar surface area (TPSA) is 66.9 Å². The van der Waals surface area contributed by atoms with Crippen molar-refractivity contribution in [2.24, 2.45) is 5.73 Å². The third-order valence-electron chi connectivity index (χ3n) is 1.50. The maximum absolute atomic E-state index is 13.0. The second kappa shape index (κ2) is 3.53. The van der Waals surface area contributed by atoms with Gasteiger partial charge in [0.15, 0.2) is 0 Å². The van der Waals surface area contributed by atoms with Gasteiger partial charge in [-0.1, -0.05) is 17.7 Å². The first-order valence-corrected chi connectivity index (χ1v) is 3.74. The van der Waals surface area contributed by atoms with Crippen LogP contribution in [0, 0.1) is 11.2 Å². The Hall–Kier alpha value is -1.42. The molecule has 0 bridgehead atoms. The Kier molecular flexibility index (Phi) is 2.63. The third-order valence-corrected chi connectivity index (χ3v) is 1.69. The average Bonchev–Trinajstić information content (AvgIpc) is 2.02. The molecule has 1 aromatic carbocycles. The highest BCUT2D eigenvalue weighted by molar-refractivity contribution is 6.69. The molecular weight excluding hydrogens is 195 g/mol. The fourth-order valence-electron chi connectivity index (χ4n) is 0.953. The molecule has 3 nitrogen and oxygen atoms in total. The summed E-state index contributed by atoms with van der Waals surface area (Å²) in [4.78, 5) is 10.8. The van der Waals surface area contributed by atoms with Crippen LogP contribution in [0.4, 0.5) is 4.39 Å². The molecule has 0 atom stereocenters. The van der Waals surface area contributed by atoms with Crippen molar-refractivity contribution >= 4 is 22.7 Å². The molecule has 0 aromatic heterocycles. The fraction of sp³-hybridized carbons (Fsp3) is 0. The Labute approximate surface area is 78.8 Å². The van der Waals surface area contributed by atoms with E-state index in [4.69, 9.17) is 22.7 Å². The SMILES string of the molecule is N=C(Cl)c1c(F)cccc1C(N)=O. The van der Waals surface area contributed by atoms with E-state index in [-0.39, 0.29) is 11.1 Å². The zero-order valence-corrected chi connectivity index (χ0v) is 7.23. The Bertz CT molecular complexity index is 378. The number of carbonyl (C=O) groups excluding carboxylic acids is 1. The van der Waals surface area contributed by atoms with Crippen LogP contribution in [0.5, 0.6) is 0 Å². The lowest BCUT2D eigenvalue weighted by Crippen LogP contribution is -2.16. The van der Waals surface area contributed by atoms with E-state index in [9.17, 15) is 9.18 Å². The van der Waals surface area contributed by atoms with Gasteiger partial charge in [-0.2, -0.15) is 0 Å². The Balaban J connectivity index is 3.43. The summed E-state index contributed by atoms with van der Waals surface area (Å²) in [7, 11) is 0. The van der Waals surface area contributed by atoms with Gasteiger partial charge in [0, 0.05) is 0 Å². The number of carbonyl (C=O) groups is 1. The largest absolute Gasteiger partial charge is 0.366 e. The molecule has 68 valence electrons. The maximum Gasteiger partial charge on any atom is 0.249 e. The van der Waals surface area contributed by atoms with Crippen LogP contribution in [0.2, 0.25) is 0 Å². The molecule has 0 radical (unpaired) electrons. The van der Waals surface area contributed by atoms with Crippen molar-refractivity contribution in [2.75, 3.05) is 0 Å². The first-order valence-electron chi connectivity index (χ1n) is 3.36. The van der Waals surface area contributed by atoms with Gasteiger partial charge in [0.25, 0.3) is 0 Å². The quantitative estimate of drug-likeness (QED) is 0.698. The lowest BCUT2D eigenvalue weighted by atomic mass is 10.1. The van der Waals surface area contributed by atoms with Crippen molar-refractivity contribution in [1.82, 2.24) is 0 Å². The molecule has 0 fully saturated rings. The standard InChI is InChI=1S/C8H6ClFN2O/c9-7(11)6-4(8(12)13)2-1-3-5(6)10/h1-3,11H,(H2,12,13). The second-order valence-electron chi connectivity index (χ2n) is 2.34. The minimum Gasteiger partial charge on any atom is -0.366 e. The molecule has 0 unspecified atom stereocenters. The highest BCUT2D eigenvalue weighted by Gasteiger charge is 2.14. The third kappa shape index (κ3) is 1.84. The zero-order valence-electron chi connectivity index (χ0n) is 6.47. The van der Waals surface area contributed by atoms with Gasteiger partial charge in [0.2, 0.25) is 5.91 Å². The van der Waals surface area contributed by atoms with E-state index in [1.807, 2.05) is 0 Å². The molecular formula is C8H6ClFN2O. The van der Waals surface area contributed by atoms with E-state index in [1.54, 1.807) is 0 Å². The normalized spacial score (nSPS) is 9.69. The molecule has 0 aliphatic rings. The van der Waals surface area contributed by atoms with Gasteiger partial charge in [0.1, 0.15) is 11.0 Å². The summed E-state index contributed by atoms with van der Waals surface area (Å²) in [6.45, 7) is 0. The van der Waals surface area contributed by atoms with Crippen molar-refractivity contribution in [3.63, 3.8) is 0 Å². The van der Waals surface area contributed by atoms with E-state index < -0.39 is 16.9 Å². The van der Waals surface area contributed by atoms with E-state index in [0.29, 0.717) is 0 Å².